The van der Waals surface area contributed by atoms with Crippen molar-refractivity contribution in [3.8, 4) is 0 Å². The van der Waals surface area contributed by atoms with Crippen molar-refractivity contribution in [3.63, 3.8) is 0 Å². The third-order valence-electron chi connectivity index (χ3n) is 4.42. The topological polar surface area (TPSA) is 105 Å². The maximum absolute atomic E-state index is 12.5. The van der Waals surface area contributed by atoms with E-state index in [9.17, 15) is 14.4 Å². The van der Waals surface area contributed by atoms with Crippen molar-refractivity contribution in [2.24, 2.45) is 11.7 Å². The van der Waals surface area contributed by atoms with Crippen molar-refractivity contribution in [2.45, 2.75) is 39.7 Å². The molecule has 0 fully saturated rings. The Labute approximate surface area is 141 Å². The molecule has 1 aromatic carbocycles. The van der Waals surface area contributed by atoms with Gasteiger partial charge in [0.25, 0.3) is 0 Å². The molecule has 0 saturated heterocycles. The molecule has 1 aromatic rings. The highest BCUT2D eigenvalue weighted by atomic mass is 16.2. The fourth-order valence-corrected chi connectivity index (χ4v) is 2.88. The van der Waals surface area contributed by atoms with Crippen molar-refractivity contribution >= 4 is 29.2 Å². The molecule has 0 unspecified atom stereocenters. The molecule has 7 heteroatoms. The molecule has 0 aromatic heterocycles. The van der Waals surface area contributed by atoms with Crippen molar-refractivity contribution in [2.75, 3.05) is 16.8 Å². The summed E-state index contributed by atoms with van der Waals surface area (Å²) < 4.78 is 0. The number of anilines is 2. The minimum Gasteiger partial charge on any atom is -0.352 e. The zero-order valence-corrected chi connectivity index (χ0v) is 14.3. The van der Waals surface area contributed by atoms with Crippen molar-refractivity contribution < 1.29 is 14.4 Å². The number of rotatable bonds is 5. The lowest BCUT2D eigenvalue weighted by Gasteiger charge is -2.22. The lowest BCUT2D eigenvalue weighted by atomic mass is 9.98. The first-order valence-corrected chi connectivity index (χ1v) is 8.11. The number of hydrogen-bond donors (Lipinski definition) is 3. The quantitative estimate of drug-likeness (QED) is 0.763. The minimum atomic E-state index is -0.721. The van der Waals surface area contributed by atoms with Crippen LogP contribution in [0.1, 0.15) is 32.8 Å². The van der Waals surface area contributed by atoms with Crippen LogP contribution in [0, 0.1) is 5.92 Å². The summed E-state index contributed by atoms with van der Waals surface area (Å²) in [5, 5.41) is 5.32. The predicted octanol–water partition coefficient (Wildman–Crippen LogP) is 1.62. The number of carbonyl (C=O) groups excluding carboxylic acids is 3. The van der Waals surface area contributed by atoms with Gasteiger partial charge in [0.2, 0.25) is 11.8 Å². The van der Waals surface area contributed by atoms with E-state index in [0.29, 0.717) is 12.2 Å². The third-order valence-corrected chi connectivity index (χ3v) is 4.42. The highest BCUT2D eigenvalue weighted by Gasteiger charge is 2.26. The molecule has 0 aliphatic carbocycles. The molecule has 7 nitrogen and oxygen atoms in total. The first-order chi connectivity index (χ1) is 11.3. The molecular weight excluding hydrogens is 308 g/mol. The number of hydrogen-bond acceptors (Lipinski definition) is 3. The Morgan fingerprint density at radius 2 is 2.04 bits per heavy atom. The van der Waals surface area contributed by atoms with Crippen LogP contribution in [0.4, 0.5) is 16.2 Å². The number of nitrogens with one attached hydrogen (secondary N) is 2. The molecule has 4 amide bonds. The lowest BCUT2D eigenvalue weighted by Crippen LogP contribution is -2.49. The minimum absolute atomic E-state index is 0.00743. The van der Waals surface area contributed by atoms with E-state index in [2.05, 4.69) is 10.6 Å². The molecule has 1 aliphatic heterocycles. The average Bonchev–Trinajstić information content (AvgIpc) is 2.94. The van der Waals surface area contributed by atoms with Crippen molar-refractivity contribution in [1.29, 1.82) is 0 Å². The molecule has 1 heterocycles. The summed E-state index contributed by atoms with van der Waals surface area (Å²) in [7, 11) is 0. The summed E-state index contributed by atoms with van der Waals surface area (Å²) >= 11 is 0. The maximum Gasteiger partial charge on any atom is 0.312 e. The van der Waals surface area contributed by atoms with Gasteiger partial charge in [0, 0.05) is 24.8 Å². The van der Waals surface area contributed by atoms with Gasteiger partial charge in [-0.25, -0.2) is 4.79 Å². The van der Waals surface area contributed by atoms with Crippen LogP contribution in [0.2, 0.25) is 0 Å². The zero-order chi connectivity index (χ0) is 17.9. The summed E-state index contributed by atoms with van der Waals surface area (Å²) in [5.41, 5.74) is 7.71. The summed E-state index contributed by atoms with van der Waals surface area (Å²) in [4.78, 5) is 36.9. The highest BCUT2D eigenvalue weighted by molar-refractivity contribution is 5.98. The molecule has 130 valence electrons. The van der Waals surface area contributed by atoms with Crippen LogP contribution in [0.3, 0.4) is 0 Å². The Kier molecular flexibility index (Phi) is 5.43. The van der Waals surface area contributed by atoms with E-state index in [1.165, 1.54) is 6.92 Å². The number of benzene rings is 1. The molecule has 24 heavy (non-hydrogen) atoms. The standard InChI is InChI=1S/C17H24N4O3/c1-4-10(2)15(20-17(18)24)16(23)19-13-5-6-14-12(9-13)7-8-21(14)11(3)22/h5-6,9-10,15H,4,7-8H2,1-3H3,(H,19,23)(H3,18,20,24)/t10-,15-/m0/s1. The van der Waals surface area contributed by atoms with Gasteiger partial charge in [-0.2, -0.15) is 0 Å². The monoisotopic (exact) mass is 332 g/mol. The number of carbonyl (C=O) groups is 3. The SMILES string of the molecule is CC[C@H](C)[C@H](NC(N)=O)C(=O)Nc1ccc2c(c1)CCN2C(C)=O. The van der Waals surface area contributed by atoms with Crippen LogP contribution in [0.15, 0.2) is 18.2 Å². The van der Waals surface area contributed by atoms with Gasteiger partial charge < -0.3 is 21.3 Å². The second-order valence-electron chi connectivity index (χ2n) is 6.13. The number of primary amides is 1. The number of amides is 4. The van der Waals surface area contributed by atoms with E-state index in [1.54, 1.807) is 11.0 Å². The molecule has 4 N–H and O–H groups in total. The summed E-state index contributed by atoms with van der Waals surface area (Å²) in [6.45, 7) is 6.02. The van der Waals surface area contributed by atoms with Gasteiger partial charge in [0.15, 0.2) is 0 Å². The largest absolute Gasteiger partial charge is 0.352 e. The van der Waals surface area contributed by atoms with Gasteiger partial charge in [0.05, 0.1) is 0 Å². The van der Waals surface area contributed by atoms with Crippen molar-refractivity contribution in [1.82, 2.24) is 5.32 Å². The zero-order valence-electron chi connectivity index (χ0n) is 14.3. The second-order valence-corrected chi connectivity index (χ2v) is 6.13. The predicted molar refractivity (Wildman–Crippen MR) is 92.8 cm³/mol. The van der Waals surface area contributed by atoms with Crippen LogP contribution in [-0.2, 0) is 16.0 Å². The Morgan fingerprint density at radius 3 is 2.62 bits per heavy atom. The molecule has 2 rings (SSSR count). The van der Waals surface area contributed by atoms with E-state index in [4.69, 9.17) is 5.73 Å². The molecule has 0 radical (unpaired) electrons. The van der Waals surface area contributed by atoms with Gasteiger partial charge in [-0.05, 0) is 36.1 Å². The maximum atomic E-state index is 12.5. The van der Waals surface area contributed by atoms with E-state index >= 15 is 0 Å². The third kappa shape index (κ3) is 3.84. The lowest BCUT2D eigenvalue weighted by molar-refractivity contribution is -0.119. The smallest absolute Gasteiger partial charge is 0.312 e. The van der Waals surface area contributed by atoms with Gasteiger partial charge in [-0.1, -0.05) is 20.3 Å². The molecular formula is C17H24N4O3. The molecule has 0 saturated carbocycles. The number of fused-ring (bicyclic) bond motifs is 1. The first kappa shape index (κ1) is 17.8. The van der Waals surface area contributed by atoms with Crippen LogP contribution in [0.5, 0.6) is 0 Å². The first-order valence-electron chi connectivity index (χ1n) is 8.11. The van der Waals surface area contributed by atoms with E-state index < -0.39 is 12.1 Å². The average molecular weight is 332 g/mol. The second kappa shape index (κ2) is 7.33. The summed E-state index contributed by atoms with van der Waals surface area (Å²) in [6, 6.07) is 4.05. The molecule has 2 atom stereocenters. The molecule has 0 spiro atoms. The Bertz CT molecular complexity index is 659. The Balaban J connectivity index is 2.14. The number of urea groups is 1. The highest BCUT2D eigenvalue weighted by Crippen LogP contribution is 2.30. The fourth-order valence-electron chi connectivity index (χ4n) is 2.88. The molecule has 0 bridgehead atoms. The Morgan fingerprint density at radius 1 is 1.33 bits per heavy atom. The number of nitrogens with zero attached hydrogens (tertiary/aromatic N) is 1. The van der Waals surface area contributed by atoms with Crippen molar-refractivity contribution in [3.05, 3.63) is 23.8 Å². The normalized spacial score (nSPS) is 15.4. The summed E-state index contributed by atoms with van der Waals surface area (Å²) in [5.74, 6) is -0.335. The van der Waals surface area contributed by atoms with Crippen LogP contribution >= 0.6 is 0 Å². The van der Waals surface area contributed by atoms with Gasteiger partial charge in [-0.3, -0.25) is 9.59 Å². The van der Waals surface area contributed by atoms with Gasteiger partial charge >= 0.3 is 6.03 Å². The van der Waals surface area contributed by atoms with Crippen LogP contribution < -0.4 is 21.3 Å². The Hall–Kier alpha value is -2.57. The fraction of sp³-hybridized carbons (Fsp3) is 0.471. The van der Waals surface area contributed by atoms with E-state index in [1.807, 2.05) is 26.0 Å². The van der Waals surface area contributed by atoms with Gasteiger partial charge in [-0.15, -0.1) is 0 Å². The van der Waals surface area contributed by atoms with Crippen LogP contribution in [0.25, 0.3) is 0 Å². The van der Waals surface area contributed by atoms with Gasteiger partial charge in [0.1, 0.15) is 6.04 Å². The molecule has 1 aliphatic rings. The van der Waals surface area contributed by atoms with E-state index in [-0.39, 0.29) is 17.7 Å². The summed E-state index contributed by atoms with van der Waals surface area (Å²) in [6.07, 6.45) is 1.49. The van der Waals surface area contributed by atoms with E-state index in [0.717, 1.165) is 24.1 Å². The van der Waals surface area contributed by atoms with Crippen LogP contribution in [-0.4, -0.2) is 30.4 Å². The number of nitrogens with two attached hydrogens (primary N) is 1.